The van der Waals surface area contributed by atoms with Crippen LogP contribution in [0, 0.1) is 0 Å². The normalized spacial score (nSPS) is 14.1. The Labute approximate surface area is 384 Å². The topological polar surface area (TPSA) is 19.6 Å². The monoisotopic (exact) mass is 842 g/mol. The number of nitrogens with zero attached hydrogens (tertiary/aromatic N) is 2. The summed E-state index contributed by atoms with van der Waals surface area (Å²) in [5.74, 6) is 0.981. The summed E-state index contributed by atoms with van der Waals surface area (Å²) in [5.41, 5.74) is 20.0. The summed E-state index contributed by atoms with van der Waals surface area (Å²) in [4.78, 5) is 4.69. The molecule has 3 nitrogen and oxygen atoms in total. The molecule has 11 aromatic rings. The zero-order chi connectivity index (χ0) is 43.6. The van der Waals surface area contributed by atoms with Crippen LogP contribution in [0.4, 0.5) is 34.1 Å². The third kappa shape index (κ3) is 5.84. The molecule has 13 rings (SSSR count). The van der Waals surface area contributed by atoms with Crippen molar-refractivity contribution in [3.05, 3.63) is 277 Å². The number of anilines is 6. The summed E-state index contributed by atoms with van der Waals surface area (Å²) in [7, 11) is 0. The van der Waals surface area contributed by atoms with Crippen LogP contribution in [0.1, 0.15) is 22.5 Å². The minimum absolute atomic E-state index is 0.710. The van der Waals surface area contributed by atoms with Gasteiger partial charge in [-0.2, -0.15) is 0 Å². The predicted octanol–water partition coefficient (Wildman–Crippen LogP) is 17.0. The van der Waals surface area contributed by atoms with Gasteiger partial charge in [0.1, 0.15) is 16.8 Å². The number of rotatable bonds is 8. The molecule has 310 valence electrons. The maximum Gasteiger partial charge on any atom is 0.135 e. The van der Waals surface area contributed by atoms with Crippen LogP contribution in [0.25, 0.3) is 55.5 Å². The van der Waals surface area contributed by atoms with Crippen LogP contribution in [-0.2, 0) is 5.41 Å². The molecule has 0 amide bonds. The molecule has 3 heteroatoms. The molecule has 0 fully saturated rings. The van der Waals surface area contributed by atoms with Crippen molar-refractivity contribution in [2.75, 3.05) is 9.80 Å². The van der Waals surface area contributed by atoms with E-state index in [4.69, 9.17) is 4.42 Å². The Morgan fingerprint density at radius 3 is 1.35 bits per heavy atom. The first-order valence-electron chi connectivity index (χ1n) is 22.7. The smallest absolute Gasteiger partial charge is 0.135 e. The van der Waals surface area contributed by atoms with Crippen LogP contribution in [0.3, 0.4) is 0 Å². The molecule has 1 heterocycles. The van der Waals surface area contributed by atoms with Crippen LogP contribution in [-0.4, -0.2) is 0 Å². The zero-order valence-electron chi connectivity index (χ0n) is 36.1. The number of fused-ring (bicyclic) bond motifs is 12. The highest BCUT2D eigenvalue weighted by Gasteiger charge is 2.55. The second kappa shape index (κ2) is 15.3. The Morgan fingerprint density at radius 1 is 0.288 bits per heavy atom. The SMILES string of the molecule is c1ccc(-c2ccc(N(c3ccccc3)c3ccc4c(c3)C3(c5ccccc5-c5ccc(-c6ccc(N(c7ccccc7)c7ccccc7)cc6)cc53)c3oc5ccccc5c3-4)cc2)cc1. The van der Waals surface area contributed by atoms with Gasteiger partial charge in [0.15, 0.2) is 0 Å². The maximum atomic E-state index is 7.22. The first-order valence-corrected chi connectivity index (χ1v) is 22.7. The van der Waals surface area contributed by atoms with Crippen LogP contribution in [0.2, 0.25) is 0 Å². The van der Waals surface area contributed by atoms with Crippen molar-refractivity contribution >= 4 is 45.1 Å². The number of benzene rings is 10. The quantitative estimate of drug-likeness (QED) is 0.152. The predicted molar refractivity (Wildman–Crippen MR) is 273 cm³/mol. The molecular weight excluding hydrogens is 801 g/mol. The van der Waals surface area contributed by atoms with Gasteiger partial charge in [-0.05, 0) is 141 Å². The summed E-state index contributed by atoms with van der Waals surface area (Å²) in [6, 6.07) is 92.0. The highest BCUT2D eigenvalue weighted by Crippen LogP contribution is 2.65. The van der Waals surface area contributed by atoms with E-state index in [9.17, 15) is 0 Å². The Kier molecular flexibility index (Phi) is 8.75. The lowest BCUT2D eigenvalue weighted by Crippen LogP contribution is -2.26. The van der Waals surface area contributed by atoms with E-state index < -0.39 is 5.41 Å². The van der Waals surface area contributed by atoms with E-state index in [0.29, 0.717) is 0 Å². The summed E-state index contributed by atoms with van der Waals surface area (Å²) >= 11 is 0. The second-order valence-corrected chi connectivity index (χ2v) is 17.2. The van der Waals surface area contributed by atoms with Crippen LogP contribution in [0.15, 0.2) is 259 Å². The second-order valence-electron chi connectivity index (χ2n) is 17.2. The van der Waals surface area contributed by atoms with Crippen molar-refractivity contribution in [3.63, 3.8) is 0 Å². The summed E-state index contributed by atoms with van der Waals surface area (Å²) < 4.78 is 7.22. The number of hydrogen-bond donors (Lipinski definition) is 0. The first kappa shape index (κ1) is 37.9. The minimum atomic E-state index is -0.710. The van der Waals surface area contributed by atoms with Gasteiger partial charge in [0.05, 0.1) is 0 Å². The summed E-state index contributed by atoms with van der Waals surface area (Å²) in [6.07, 6.45) is 0. The molecule has 1 unspecified atom stereocenters. The summed E-state index contributed by atoms with van der Waals surface area (Å²) in [5, 5.41) is 1.13. The fourth-order valence-corrected chi connectivity index (χ4v) is 10.8. The lowest BCUT2D eigenvalue weighted by Gasteiger charge is -2.31. The van der Waals surface area contributed by atoms with Gasteiger partial charge in [0, 0.05) is 45.1 Å². The molecule has 0 saturated heterocycles. The van der Waals surface area contributed by atoms with E-state index in [1.165, 1.54) is 50.1 Å². The zero-order valence-corrected chi connectivity index (χ0v) is 36.1. The largest absolute Gasteiger partial charge is 0.459 e. The Hall–Kier alpha value is -8.66. The van der Waals surface area contributed by atoms with Gasteiger partial charge in [0.25, 0.3) is 0 Å². The number of furan rings is 1. The lowest BCUT2D eigenvalue weighted by molar-refractivity contribution is 0.507. The molecule has 2 aliphatic rings. The molecule has 2 aliphatic carbocycles. The van der Waals surface area contributed by atoms with Gasteiger partial charge >= 0.3 is 0 Å². The van der Waals surface area contributed by atoms with E-state index in [1.807, 2.05) is 0 Å². The first-order chi connectivity index (χ1) is 32.7. The average Bonchev–Trinajstić information content (AvgIpc) is 4.02. The molecule has 1 aromatic heterocycles. The minimum Gasteiger partial charge on any atom is -0.459 e. The number of para-hydroxylation sites is 4. The van der Waals surface area contributed by atoms with E-state index >= 15 is 0 Å². The molecule has 10 aromatic carbocycles. The summed E-state index contributed by atoms with van der Waals surface area (Å²) in [6.45, 7) is 0. The molecule has 0 saturated carbocycles. The van der Waals surface area contributed by atoms with Crippen molar-refractivity contribution in [1.82, 2.24) is 0 Å². The van der Waals surface area contributed by atoms with Crippen molar-refractivity contribution < 1.29 is 4.42 Å². The Bertz CT molecular complexity index is 3520. The molecule has 1 spiro atoms. The van der Waals surface area contributed by atoms with Crippen LogP contribution in [0.5, 0.6) is 0 Å². The standard InChI is InChI=1S/C63H42N2O/c1-5-17-43(18-6-1)44-29-34-51(35-30-44)65(49-23-11-4-12-24-49)52-38-40-55-59(42-52)63(62-61(55)56-26-14-16-28-60(56)66-62)57-27-15-13-25-53(57)54-39-33-46(41-58(54)63)45-31-36-50(37-32-45)64(47-19-7-2-8-20-47)48-21-9-3-10-22-48/h1-42H. The van der Waals surface area contributed by atoms with E-state index in [2.05, 4.69) is 265 Å². The third-order valence-corrected chi connectivity index (χ3v) is 13.7. The highest BCUT2D eigenvalue weighted by molar-refractivity contribution is 6.05. The maximum absolute atomic E-state index is 7.22. The van der Waals surface area contributed by atoms with Gasteiger partial charge < -0.3 is 14.2 Å². The van der Waals surface area contributed by atoms with Crippen molar-refractivity contribution in [1.29, 1.82) is 0 Å². The van der Waals surface area contributed by atoms with Crippen LogP contribution >= 0.6 is 0 Å². The van der Waals surface area contributed by atoms with Gasteiger partial charge in [-0.3, -0.25) is 0 Å². The Balaban J connectivity index is 0.998. The molecule has 0 aliphatic heterocycles. The van der Waals surface area contributed by atoms with E-state index in [-0.39, 0.29) is 0 Å². The fourth-order valence-electron chi connectivity index (χ4n) is 10.8. The number of hydrogen-bond acceptors (Lipinski definition) is 3. The van der Waals surface area contributed by atoms with Gasteiger partial charge in [-0.15, -0.1) is 0 Å². The van der Waals surface area contributed by atoms with E-state index in [1.54, 1.807) is 0 Å². The molecule has 0 N–H and O–H groups in total. The van der Waals surface area contributed by atoms with Gasteiger partial charge in [-0.1, -0.05) is 170 Å². The highest BCUT2D eigenvalue weighted by atomic mass is 16.3. The van der Waals surface area contributed by atoms with Crippen molar-refractivity contribution in [2.24, 2.45) is 0 Å². The molecule has 0 bridgehead atoms. The van der Waals surface area contributed by atoms with Gasteiger partial charge in [-0.25, -0.2) is 0 Å². The average molecular weight is 843 g/mol. The molecule has 66 heavy (non-hydrogen) atoms. The van der Waals surface area contributed by atoms with Crippen molar-refractivity contribution in [3.8, 4) is 44.5 Å². The molecule has 0 radical (unpaired) electrons. The van der Waals surface area contributed by atoms with Gasteiger partial charge in [0.2, 0.25) is 0 Å². The molecule has 1 atom stereocenters. The van der Waals surface area contributed by atoms with E-state index in [0.717, 1.165) is 62.0 Å². The fraction of sp³-hybridized carbons (Fsp3) is 0.0159. The van der Waals surface area contributed by atoms with Crippen molar-refractivity contribution in [2.45, 2.75) is 5.41 Å². The lowest BCUT2D eigenvalue weighted by atomic mass is 9.72. The van der Waals surface area contributed by atoms with Crippen LogP contribution < -0.4 is 9.80 Å². The Morgan fingerprint density at radius 2 is 0.712 bits per heavy atom. The molecular formula is C63H42N2O. The third-order valence-electron chi connectivity index (χ3n) is 13.7.